The summed E-state index contributed by atoms with van der Waals surface area (Å²) in [5, 5.41) is 14.2. The SMILES string of the molecule is COc1cc2cc(c1C)N(C)C(=O)CC[C@]1(C)C3C[C@]31[C@H](C)C1C[C@@](O)(NC(=O)O1)[C@H](OC)/C=C/C=C(\C)C2. The van der Waals surface area contributed by atoms with Gasteiger partial charge in [-0.3, -0.25) is 10.1 Å². The van der Waals surface area contributed by atoms with Gasteiger partial charge in [-0.2, -0.15) is 0 Å². The molecule has 2 N–H and O–H groups in total. The van der Waals surface area contributed by atoms with E-state index in [4.69, 9.17) is 14.2 Å². The topological polar surface area (TPSA) is 97.3 Å². The fourth-order valence-electron chi connectivity index (χ4n) is 7.67. The zero-order valence-electron chi connectivity index (χ0n) is 24.2. The summed E-state index contributed by atoms with van der Waals surface area (Å²) < 4.78 is 17.1. The third kappa shape index (κ3) is 4.45. The van der Waals surface area contributed by atoms with Crippen molar-refractivity contribution >= 4 is 17.7 Å². The Morgan fingerprint density at radius 2 is 1.92 bits per heavy atom. The van der Waals surface area contributed by atoms with Crippen LogP contribution in [0.15, 0.2) is 35.9 Å². The minimum atomic E-state index is -1.59. The third-order valence-electron chi connectivity index (χ3n) is 10.3. The Hall–Kier alpha value is -2.84. The van der Waals surface area contributed by atoms with Crippen LogP contribution in [0.4, 0.5) is 10.5 Å². The van der Waals surface area contributed by atoms with Gasteiger partial charge < -0.3 is 24.2 Å². The molecule has 39 heavy (non-hydrogen) atoms. The molecule has 8 heteroatoms. The first-order chi connectivity index (χ1) is 18.4. The Kier molecular flexibility index (Phi) is 6.87. The Morgan fingerprint density at radius 3 is 2.59 bits per heavy atom. The number of alkyl carbamates (subject to hydrolysis) is 1. The molecule has 2 aliphatic heterocycles. The smallest absolute Gasteiger partial charge is 0.409 e. The monoisotopic (exact) mass is 538 g/mol. The van der Waals surface area contributed by atoms with E-state index in [1.807, 2.05) is 39.1 Å². The van der Waals surface area contributed by atoms with Crippen LogP contribution in [0.3, 0.4) is 0 Å². The van der Waals surface area contributed by atoms with Gasteiger partial charge in [0.05, 0.1) is 12.8 Å². The summed E-state index contributed by atoms with van der Waals surface area (Å²) in [6, 6.07) is 4.09. The minimum absolute atomic E-state index is 0.0113. The second-order valence-corrected chi connectivity index (χ2v) is 12.3. The number of ether oxygens (including phenoxy) is 3. The average molecular weight is 539 g/mol. The largest absolute Gasteiger partial charge is 0.496 e. The van der Waals surface area contributed by atoms with E-state index in [9.17, 15) is 14.7 Å². The highest BCUT2D eigenvalue weighted by atomic mass is 16.6. The number of nitrogens with zero attached hydrogens (tertiary/aromatic N) is 1. The Labute approximate surface area is 231 Å². The van der Waals surface area contributed by atoms with E-state index in [1.54, 1.807) is 18.1 Å². The van der Waals surface area contributed by atoms with Gasteiger partial charge in [0.25, 0.3) is 0 Å². The zero-order chi connectivity index (χ0) is 28.3. The summed E-state index contributed by atoms with van der Waals surface area (Å²) in [7, 11) is 5.02. The van der Waals surface area contributed by atoms with Crippen molar-refractivity contribution < 1.29 is 28.9 Å². The van der Waals surface area contributed by atoms with Crippen LogP contribution in [0.5, 0.6) is 5.75 Å². The number of nitrogens with one attached hydrogen (secondary N) is 1. The first-order valence-electron chi connectivity index (χ1n) is 13.9. The van der Waals surface area contributed by atoms with Gasteiger partial charge in [-0.05, 0) is 73.5 Å². The lowest BCUT2D eigenvalue weighted by atomic mass is 9.75. The predicted molar refractivity (Wildman–Crippen MR) is 149 cm³/mol. The highest BCUT2D eigenvalue weighted by molar-refractivity contribution is 5.94. The molecule has 7 atom stereocenters. The second-order valence-electron chi connectivity index (χ2n) is 12.3. The van der Waals surface area contributed by atoms with E-state index >= 15 is 0 Å². The van der Waals surface area contributed by atoms with Crippen LogP contribution in [0.1, 0.15) is 57.6 Å². The molecule has 8 nitrogen and oxygen atoms in total. The number of fused-ring (bicyclic) bond motifs is 5. The van der Waals surface area contributed by atoms with E-state index in [1.165, 1.54) is 7.11 Å². The maximum Gasteiger partial charge on any atom is 0.409 e. The van der Waals surface area contributed by atoms with Crippen LogP contribution in [0.2, 0.25) is 0 Å². The Balaban J connectivity index is 1.52. The van der Waals surface area contributed by atoms with Crippen LogP contribution in [0.25, 0.3) is 0 Å². The van der Waals surface area contributed by atoms with Gasteiger partial charge in [-0.1, -0.05) is 37.6 Å². The van der Waals surface area contributed by atoms with E-state index in [-0.39, 0.29) is 29.1 Å². The molecule has 1 saturated heterocycles. The fourth-order valence-corrected chi connectivity index (χ4v) is 7.67. The molecule has 0 aromatic heterocycles. The summed E-state index contributed by atoms with van der Waals surface area (Å²) in [4.78, 5) is 27.8. The first-order valence-corrected chi connectivity index (χ1v) is 13.9. The average Bonchev–Trinajstić information content (AvgIpc) is 3.77. The van der Waals surface area contributed by atoms with Gasteiger partial charge in [0.1, 0.15) is 18.0 Å². The number of carbonyl (C=O) groups excluding carboxylic acids is 2. The molecule has 2 saturated carbocycles. The molecule has 212 valence electrons. The molecule has 1 spiro atoms. The number of methoxy groups -OCH3 is 2. The lowest BCUT2D eigenvalue weighted by Gasteiger charge is -2.43. The van der Waals surface area contributed by atoms with E-state index in [0.717, 1.165) is 41.0 Å². The molecule has 0 radical (unpaired) electrons. The van der Waals surface area contributed by atoms with Gasteiger partial charge in [0, 0.05) is 32.6 Å². The second kappa shape index (κ2) is 9.66. The quantitative estimate of drug-likeness (QED) is 0.568. The number of benzene rings is 1. The lowest BCUT2D eigenvalue weighted by molar-refractivity contribution is -0.145. The van der Waals surface area contributed by atoms with Crippen LogP contribution in [0, 0.1) is 29.6 Å². The molecule has 4 aliphatic rings. The van der Waals surface area contributed by atoms with Crippen molar-refractivity contribution in [3.63, 3.8) is 0 Å². The van der Waals surface area contributed by atoms with Crippen molar-refractivity contribution in [2.24, 2.45) is 22.7 Å². The number of hydrogen-bond acceptors (Lipinski definition) is 6. The van der Waals surface area contributed by atoms with Gasteiger partial charge >= 0.3 is 6.09 Å². The van der Waals surface area contributed by atoms with Crippen molar-refractivity contribution in [3.8, 4) is 5.75 Å². The molecule has 4 bridgehead atoms. The number of carbonyl (C=O) groups is 2. The number of rotatable bonds is 2. The predicted octanol–water partition coefficient (Wildman–Crippen LogP) is 4.67. The number of allylic oxidation sites excluding steroid dienone is 3. The molecule has 1 aromatic carbocycles. The van der Waals surface area contributed by atoms with Crippen molar-refractivity contribution in [1.82, 2.24) is 5.32 Å². The fraction of sp³-hybridized carbons (Fsp3) is 0.613. The van der Waals surface area contributed by atoms with Crippen molar-refractivity contribution in [2.45, 2.75) is 77.7 Å². The van der Waals surface area contributed by atoms with E-state index in [2.05, 4.69) is 25.2 Å². The van der Waals surface area contributed by atoms with Gasteiger partial charge in [-0.25, -0.2) is 4.79 Å². The van der Waals surface area contributed by atoms with Gasteiger partial charge in [0.2, 0.25) is 5.91 Å². The normalized spacial score (nSPS) is 40.3. The molecule has 2 unspecified atom stereocenters. The molecule has 5 rings (SSSR count). The molecule has 1 aromatic rings. The number of hydrogen-bond donors (Lipinski definition) is 2. The molecular formula is C31H42N2O6. The highest BCUT2D eigenvalue weighted by Gasteiger charge is 2.87. The number of aliphatic hydroxyl groups is 1. The molecule has 3 fully saturated rings. The number of anilines is 1. The third-order valence-corrected chi connectivity index (χ3v) is 10.3. The van der Waals surface area contributed by atoms with Crippen molar-refractivity contribution in [1.29, 1.82) is 0 Å². The van der Waals surface area contributed by atoms with Crippen LogP contribution >= 0.6 is 0 Å². The highest BCUT2D eigenvalue weighted by Crippen LogP contribution is 2.92. The summed E-state index contributed by atoms with van der Waals surface area (Å²) in [5.41, 5.74) is 2.36. The summed E-state index contributed by atoms with van der Waals surface area (Å²) >= 11 is 0. The van der Waals surface area contributed by atoms with Crippen LogP contribution < -0.4 is 15.0 Å². The summed E-state index contributed by atoms with van der Waals surface area (Å²) in [6.45, 7) is 8.39. The number of amides is 2. The summed E-state index contributed by atoms with van der Waals surface area (Å²) in [6.07, 6.45) is 6.92. The van der Waals surface area contributed by atoms with Crippen LogP contribution in [-0.4, -0.2) is 56.3 Å². The van der Waals surface area contributed by atoms with E-state index in [0.29, 0.717) is 18.8 Å². The van der Waals surface area contributed by atoms with Crippen molar-refractivity contribution in [2.75, 3.05) is 26.2 Å². The van der Waals surface area contributed by atoms with Gasteiger partial charge in [-0.15, -0.1) is 0 Å². The molecule has 2 heterocycles. The molecular weight excluding hydrogens is 496 g/mol. The zero-order valence-corrected chi connectivity index (χ0v) is 24.2. The maximum atomic E-state index is 13.4. The minimum Gasteiger partial charge on any atom is -0.496 e. The Bertz CT molecular complexity index is 1240. The Morgan fingerprint density at radius 1 is 1.18 bits per heavy atom. The molecule has 2 aliphatic carbocycles. The van der Waals surface area contributed by atoms with Gasteiger partial charge in [0.15, 0.2) is 5.72 Å². The maximum absolute atomic E-state index is 13.4. The molecule has 2 amide bonds. The van der Waals surface area contributed by atoms with Crippen molar-refractivity contribution in [3.05, 3.63) is 47.1 Å². The van der Waals surface area contributed by atoms with E-state index < -0.39 is 24.0 Å². The summed E-state index contributed by atoms with van der Waals surface area (Å²) in [5.74, 6) is 1.38. The van der Waals surface area contributed by atoms with Crippen LogP contribution in [-0.2, 0) is 20.7 Å². The first kappa shape index (κ1) is 27.7. The standard InChI is InChI=1S/C31H42N2O6/c1-18-9-8-10-26(38-7)31(36)16-24(39-28(35)32-31)20(3)30-17-25(30)29(30,4)12-11-27(34)33(5)22-14-21(13-18)15-23(37-6)19(22)2/h8-10,14-15,20,24-26,36H,11-13,16-17H2,1-7H3,(H,32,35)/b10-8+,18-9+/t20-,24?,25?,26-,29-,30+,31+/m1/s1. The lowest BCUT2D eigenvalue weighted by Crippen LogP contribution is -2.63.